The van der Waals surface area contributed by atoms with Crippen molar-refractivity contribution >= 4 is 23.6 Å². The van der Waals surface area contributed by atoms with Gasteiger partial charge in [-0.25, -0.2) is 9.78 Å². The molecule has 1 fully saturated rings. The lowest BCUT2D eigenvalue weighted by Crippen LogP contribution is -2.38. The van der Waals surface area contributed by atoms with Crippen molar-refractivity contribution in [2.45, 2.75) is 13.5 Å². The topological polar surface area (TPSA) is 98.7 Å². The Morgan fingerprint density at radius 1 is 1.38 bits per heavy atom. The van der Waals surface area contributed by atoms with Crippen molar-refractivity contribution in [2.24, 2.45) is 0 Å². The summed E-state index contributed by atoms with van der Waals surface area (Å²) < 4.78 is 24.2. The Bertz CT molecular complexity index is 720. The molecule has 26 heavy (non-hydrogen) atoms. The summed E-state index contributed by atoms with van der Waals surface area (Å²) in [5.74, 6) is 0.930. The van der Waals surface area contributed by atoms with Crippen molar-refractivity contribution in [3.8, 4) is 5.88 Å². The van der Waals surface area contributed by atoms with Crippen LogP contribution in [0.2, 0.25) is 0 Å². The number of nitrogens with one attached hydrogen (secondary N) is 1. The first kappa shape index (κ1) is 18.5. The van der Waals surface area contributed by atoms with Gasteiger partial charge < -0.3 is 14.2 Å². The van der Waals surface area contributed by atoms with Crippen LogP contribution in [0.4, 0.5) is 10.6 Å². The van der Waals surface area contributed by atoms with Crippen LogP contribution in [0.15, 0.2) is 18.3 Å². The smallest absolute Gasteiger partial charge is 0.412 e. The van der Waals surface area contributed by atoms with Gasteiger partial charge in [-0.15, -0.1) is 4.37 Å². The Morgan fingerprint density at radius 3 is 3.00 bits per heavy atom. The fourth-order valence-electron chi connectivity index (χ4n) is 2.37. The van der Waals surface area contributed by atoms with E-state index in [2.05, 4.69) is 23.9 Å². The van der Waals surface area contributed by atoms with Crippen LogP contribution in [0.5, 0.6) is 5.88 Å². The summed E-state index contributed by atoms with van der Waals surface area (Å²) in [5, 5.41) is 2.63. The third-order valence-electron chi connectivity index (χ3n) is 3.79. The maximum absolute atomic E-state index is 11.9. The first-order valence-electron chi connectivity index (χ1n) is 8.31. The lowest BCUT2D eigenvalue weighted by molar-refractivity contribution is 0.0290. The average Bonchev–Trinajstić information content (AvgIpc) is 3.06. The standard InChI is InChI=1S/C16H21N5O4S/c1-12-15(20-26-19-12)25-11-13-2-3-17-14(10-13)18-16(22)24-9-6-21-4-7-23-8-5-21/h2-3,10H,4-9,11H2,1H3,(H,17,18,22). The van der Waals surface area contributed by atoms with Crippen LogP contribution < -0.4 is 10.1 Å². The number of aryl methyl sites for hydroxylation is 1. The molecular formula is C16H21N5O4S. The Morgan fingerprint density at radius 2 is 2.23 bits per heavy atom. The largest absolute Gasteiger partial charge is 0.471 e. The highest BCUT2D eigenvalue weighted by molar-refractivity contribution is 6.99. The average molecular weight is 379 g/mol. The fourth-order valence-corrected chi connectivity index (χ4v) is 2.87. The second-order valence-electron chi connectivity index (χ2n) is 5.71. The highest BCUT2D eigenvalue weighted by atomic mass is 32.1. The Hall–Kier alpha value is -2.30. The summed E-state index contributed by atoms with van der Waals surface area (Å²) in [4.78, 5) is 18.2. The number of hydrogen-bond donors (Lipinski definition) is 1. The molecule has 10 heteroatoms. The van der Waals surface area contributed by atoms with Gasteiger partial charge in [-0.2, -0.15) is 4.37 Å². The first-order chi connectivity index (χ1) is 12.7. The summed E-state index contributed by atoms with van der Waals surface area (Å²) in [7, 11) is 0. The molecule has 0 unspecified atom stereocenters. The molecule has 1 aliphatic heterocycles. The van der Waals surface area contributed by atoms with E-state index in [9.17, 15) is 4.79 Å². The molecule has 1 aliphatic rings. The molecule has 3 heterocycles. The number of morpholine rings is 1. The summed E-state index contributed by atoms with van der Waals surface area (Å²) >= 11 is 1.11. The number of hydrogen-bond acceptors (Lipinski definition) is 9. The summed E-state index contributed by atoms with van der Waals surface area (Å²) in [6.45, 7) is 6.35. The van der Waals surface area contributed by atoms with Gasteiger partial charge in [-0.1, -0.05) is 0 Å². The number of aromatic nitrogens is 3. The zero-order valence-corrected chi connectivity index (χ0v) is 15.3. The van der Waals surface area contributed by atoms with E-state index in [1.54, 1.807) is 12.3 Å². The van der Waals surface area contributed by atoms with Gasteiger partial charge in [0.2, 0.25) is 5.88 Å². The minimum Gasteiger partial charge on any atom is -0.471 e. The number of amides is 1. The SMILES string of the molecule is Cc1nsnc1OCc1ccnc(NC(=O)OCCN2CCOCC2)c1. The molecule has 1 N–H and O–H groups in total. The van der Waals surface area contributed by atoms with E-state index >= 15 is 0 Å². The summed E-state index contributed by atoms with van der Waals surface area (Å²) in [6, 6.07) is 3.54. The minimum absolute atomic E-state index is 0.315. The number of nitrogens with zero attached hydrogens (tertiary/aromatic N) is 4. The van der Waals surface area contributed by atoms with Crippen LogP contribution in [0.1, 0.15) is 11.3 Å². The summed E-state index contributed by atoms with van der Waals surface area (Å²) in [6.07, 6.45) is 1.08. The van der Waals surface area contributed by atoms with Gasteiger partial charge in [0.05, 0.1) is 24.9 Å². The van der Waals surface area contributed by atoms with E-state index in [4.69, 9.17) is 14.2 Å². The zero-order valence-electron chi connectivity index (χ0n) is 14.5. The van der Waals surface area contributed by atoms with Crippen LogP contribution in [0.25, 0.3) is 0 Å². The van der Waals surface area contributed by atoms with E-state index < -0.39 is 6.09 Å². The van der Waals surface area contributed by atoms with Crippen molar-refractivity contribution in [1.29, 1.82) is 0 Å². The fraction of sp³-hybridized carbons (Fsp3) is 0.500. The molecule has 0 radical (unpaired) electrons. The second-order valence-corrected chi connectivity index (χ2v) is 6.24. The Balaban J connectivity index is 1.42. The molecule has 140 valence electrons. The maximum atomic E-state index is 11.9. The Labute approximate surface area is 155 Å². The molecule has 1 saturated heterocycles. The highest BCUT2D eigenvalue weighted by Crippen LogP contribution is 2.16. The molecule has 0 aliphatic carbocycles. The van der Waals surface area contributed by atoms with Crippen molar-refractivity contribution in [3.05, 3.63) is 29.6 Å². The predicted octanol–water partition coefficient (Wildman–Crippen LogP) is 1.70. The Kier molecular flexibility index (Phi) is 6.69. The molecule has 0 saturated carbocycles. The molecule has 1 amide bonds. The van der Waals surface area contributed by atoms with Gasteiger partial charge in [0.15, 0.2) is 0 Å². The lowest BCUT2D eigenvalue weighted by Gasteiger charge is -2.26. The van der Waals surface area contributed by atoms with E-state index in [-0.39, 0.29) is 0 Å². The monoisotopic (exact) mass is 379 g/mol. The van der Waals surface area contributed by atoms with E-state index in [1.807, 2.05) is 13.0 Å². The molecule has 0 spiro atoms. The van der Waals surface area contributed by atoms with Crippen molar-refractivity contribution in [1.82, 2.24) is 18.6 Å². The van der Waals surface area contributed by atoms with Crippen LogP contribution in [-0.4, -0.2) is 64.2 Å². The number of anilines is 1. The highest BCUT2D eigenvalue weighted by Gasteiger charge is 2.11. The lowest BCUT2D eigenvalue weighted by atomic mass is 10.3. The van der Waals surface area contributed by atoms with Crippen molar-refractivity contribution in [2.75, 3.05) is 44.8 Å². The van der Waals surface area contributed by atoms with Gasteiger partial charge in [0.1, 0.15) is 24.7 Å². The van der Waals surface area contributed by atoms with Crippen molar-refractivity contribution in [3.63, 3.8) is 0 Å². The molecular weight excluding hydrogens is 358 g/mol. The van der Waals surface area contributed by atoms with E-state index in [0.29, 0.717) is 31.5 Å². The molecule has 9 nitrogen and oxygen atoms in total. The molecule has 2 aromatic rings. The van der Waals surface area contributed by atoms with E-state index in [0.717, 1.165) is 49.3 Å². The van der Waals surface area contributed by atoms with Crippen LogP contribution >= 0.6 is 11.7 Å². The third kappa shape index (κ3) is 5.61. The molecule has 2 aromatic heterocycles. The molecule has 0 atom stereocenters. The normalized spacial score (nSPS) is 14.8. The van der Waals surface area contributed by atoms with Crippen LogP contribution in [0, 0.1) is 6.92 Å². The van der Waals surface area contributed by atoms with Gasteiger partial charge >= 0.3 is 6.09 Å². The van der Waals surface area contributed by atoms with Crippen LogP contribution in [-0.2, 0) is 16.1 Å². The zero-order chi connectivity index (χ0) is 18.2. The van der Waals surface area contributed by atoms with Gasteiger partial charge in [0.25, 0.3) is 0 Å². The minimum atomic E-state index is -0.525. The van der Waals surface area contributed by atoms with E-state index in [1.165, 1.54) is 0 Å². The number of carbonyl (C=O) groups excluding carboxylic acids is 1. The second kappa shape index (κ2) is 9.41. The van der Waals surface area contributed by atoms with Gasteiger partial charge in [0, 0.05) is 25.8 Å². The number of carbonyl (C=O) groups is 1. The third-order valence-corrected chi connectivity index (χ3v) is 4.39. The molecule has 0 aromatic carbocycles. The number of rotatable bonds is 7. The van der Waals surface area contributed by atoms with Crippen molar-refractivity contribution < 1.29 is 19.0 Å². The van der Waals surface area contributed by atoms with Crippen LogP contribution in [0.3, 0.4) is 0 Å². The van der Waals surface area contributed by atoms with Gasteiger partial charge in [-0.3, -0.25) is 10.2 Å². The number of pyridine rings is 1. The molecule has 0 bridgehead atoms. The maximum Gasteiger partial charge on any atom is 0.412 e. The predicted molar refractivity (Wildman–Crippen MR) is 95.4 cm³/mol. The number of ether oxygens (including phenoxy) is 3. The first-order valence-corrected chi connectivity index (χ1v) is 9.04. The summed E-state index contributed by atoms with van der Waals surface area (Å²) in [5.41, 5.74) is 1.61. The van der Waals surface area contributed by atoms with Gasteiger partial charge in [-0.05, 0) is 24.6 Å². The molecule has 3 rings (SSSR count). The quantitative estimate of drug-likeness (QED) is 0.776.